The monoisotopic (exact) mass is 471 g/mol. The van der Waals surface area contributed by atoms with Crippen LogP contribution in [0, 0.1) is 11.7 Å². The summed E-state index contributed by atoms with van der Waals surface area (Å²) >= 11 is -1.83. The minimum atomic E-state index is -1.83. The molecule has 6 nitrogen and oxygen atoms in total. The van der Waals surface area contributed by atoms with Gasteiger partial charge >= 0.3 is 0 Å². The van der Waals surface area contributed by atoms with Gasteiger partial charge in [0.1, 0.15) is 24.6 Å². The van der Waals surface area contributed by atoms with Crippen molar-refractivity contribution >= 4 is 22.8 Å². The fourth-order valence-corrected chi connectivity index (χ4v) is 6.31. The Morgan fingerprint density at radius 2 is 2.06 bits per heavy atom. The Labute approximate surface area is 196 Å². The van der Waals surface area contributed by atoms with Crippen molar-refractivity contribution in [3.63, 3.8) is 0 Å². The van der Waals surface area contributed by atoms with Crippen LogP contribution in [-0.4, -0.2) is 29.2 Å². The van der Waals surface area contributed by atoms with Gasteiger partial charge in [0.2, 0.25) is 11.2 Å². The fraction of sp³-hybridized carbons (Fsp3) is 0.480. The molecule has 1 amide bonds. The van der Waals surface area contributed by atoms with Gasteiger partial charge in [-0.05, 0) is 60.4 Å². The van der Waals surface area contributed by atoms with Crippen molar-refractivity contribution < 1.29 is 18.1 Å². The van der Waals surface area contributed by atoms with E-state index in [0.29, 0.717) is 17.2 Å². The van der Waals surface area contributed by atoms with Crippen LogP contribution in [0.1, 0.15) is 61.6 Å². The zero-order chi connectivity index (χ0) is 23.1. The molecule has 1 heterocycles. The van der Waals surface area contributed by atoms with Gasteiger partial charge in [-0.1, -0.05) is 44.2 Å². The lowest BCUT2D eigenvalue weighted by Gasteiger charge is -2.29. The maximum Gasteiger partial charge on any atom is 0.253 e. The fourth-order valence-electron chi connectivity index (χ4n) is 5.37. The van der Waals surface area contributed by atoms with E-state index in [1.54, 1.807) is 0 Å². The third-order valence-corrected chi connectivity index (χ3v) is 8.07. The first kappa shape index (κ1) is 22.3. The molecule has 176 valence electrons. The van der Waals surface area contributed by atoms with Gasteiger partial charge in [0.05, 0.1) is 0 Å². The first-order valence-corrected chi connectivity index (χ1v) is 12.8. The number of carbonyl (C=O) groups excluding carboxylic acids is 1. The summed E-state index contributed by atoms with van der Waals surface area (Å²) in [5.41, 5.74) is 2.77. The van der Waals surface area contributed by atoms with Gasteiger partial charge in [-0.3, -0.25) is 13.8 Å². The van der Waals surface area contributed by atoms with Gasteiger partial charge in [0.15, 0.2) is 5.82 Å². The second-order valence-corrected chi connectivity index (χ2v) is 10.8. The van der Waals surface area contributed by atoms with Crippen LogP contribution in [0.4, 0.5) is 10.1 Å². The van der Waals surface area contributed by atoms with Crippen LogP contribution in [-0.2, 0) is 22.6 Å². The lowest BCUT2D eigenvalue weighted by atomic mass is 9.86. The molecule has 2 aromatic rings. The highest BCUT2D eigenvalue weighted by Gasteiger charge is 2.47. The summed E-state index contributed by atoms with van der Waals surface area (Å²) in [6.45, 7) is 5.43. The van der Waals surface area contributed by atoms with Crippen molar-refractivity contribution in [3.8, 4) is 5.75 Å². The van der Waals surface area contributed by atoms with Gasteiger partial charge < -0.3 is 10.1 Å². The summed E-state index contributed by atoms with van der Waals surface area (Å²) in [6, 6.07) is 11.8. The van der Waals surface area contributed by atoms with Gasteiger partial charge in [0, 0.05) is 12.0 Å². The average molecular weight is 472 g/mol. The molecule has 2 bridgehead atoms. The minimum absolute atomic E-state index is 0.0822. The molecule has 3 aliphatic rings. The molecule has 33 heavy (non-hydrogen) atoms. The Morgan fingerprint density at radius 3 is 2.76 bits per heavy atom. The van der Waals surface area contributed by atoms with E-state index >= 15 is 4.39 Å². The van der Waals surface area contributed by atoms with Crippen molar-refractivity contribution in [1.82, 2.24) is 10.0 Å². The molecule has 4 atom stereocenters. The van der Waals surface area contributed by atoms with Gasteiger partial charge in [-0.25, -0.2) is 8.60 Å². The maximum atomic E-state index is 16.2. The van der Waals surface area contributed by atoms with E-state index in [-0.39, 0.29) is 36.7 Å². The summed E-state index contributed by atoms with van der Waals surface area (Å²) in [5.74, 6) is 0.537. The number of halogens is 1. The third kappa shape index (κ3) is 4.26. The molecule has 2 aliphatic carbocycles. The number of nitrogens with one attached hydrogen (secondary N) is 2. The Balaban J connectivity index is 1.48. The first-order chi connectivity index (χ1) is 15.9. The SMILES string of the molecule is CC(C)CCNC1CC2CC1c1c2cc(OCc2ccccc2)c(N2CC(=O)NS2=O)c1F. The standard InChI is InChI=1S/C25H30FN3O3S/c1-15(2)8-9-27-20-11-17-10-19(20)23-18(17)12-21(32-14-16-6-4-3-5-7-16)25(24(23)26)29-13-22(30)28-33(29)31/h3-7,12,15,17,19-20,27H,8-11,13-14H2,1-2H3,(H,28,30). The van der Waals surface area contributed by atoms with E-state index in [1.165, 1.54) is 4.31 Å². The number of carbonyl (C=O) groups is 1. The second kappa shape index (κ2) is 9.06. The first-order valence-electron chi connectivity index (χ1n) is 11.7. The van der Waals surface area contributed by atoms with Crippen LogP contribution in [0.2, 0.25) is 0 Å². The molecule has 8 heteroatoms. The van der Waals surface area contributed by atoms with Crippen LogP contribution < -0.4 is 19.1 Å². The number of hydrogen-bond acceptors (Lipinski definition) is 4. The topological polar surface area (TPSA) is 70.7 Å². The molecular weight excluding hydrogens is 441 g/mol. The molecule has 5 rings (SSSR count). The quantitative estimate of drug-likeness (QED) is 0.613. The molecule has 2 N–H and O–H groups in total. The molecule has 0 aromatic heterocycles. The zero-order valence-electron chi connectivity index (χ0n) is 19.0. The average Bonchev–Trinajstić information content (AvgIpc) is 3.45. The summed E-state index contributed by atoms with van der Waals surface area (Å²) < 4.78 is 38.5. The Hall–Kier alpha value is -2.45. The van der Waals surface area contributed by atoms with Crippen LogP contribution in [0.3, 0.4) is 0 Å². The molecule has 1 saturated heterocycles. The molecule has 0 spiro atoms. The molecule has 2 aromatic carbocycles. The minimum Gasteiger partial charge on any atom is -0.487 e. The molecular formula is C25H30FN3O3S. The molecule has 0 radical (unpaired) electrons. The maximum absolute atomic E-state index is 16.2. The largest absolute Gasteiger partial charge is 0.487 e. The van der Waals surface area contributed by atoms with Gasteiger partial charge in [-0.15, -0.1) is 0 Å². The summed E-state index contributed by atoms with van der Waals surface area (Å²) in [5, 5.41) is 3.64. The molecule has 2 fully saturated rings. The lowest BCUT2D eigenvalue weighted by molar-refractivity contribution is -0.117. The van der Waals surface area contributed by atoms with Crippen molar-refractivity contribution in [1.29, 1.82) is 0 Å². The van der Waals surface area contributed by atoms with Crippen molar-refractivity contribution in [2.45, 2.75) is 57.6 Å². The summed E-state index contributed by atoms with van der Waals surface area (Å²) in [6.07, 6.45) is 2.98. The van der Waals surface area contributed by atoms with Gasteiger partial charge in [0.25, 0.3) is 5.91 Å². The number of ether oxygens (including phenoxy) is 1. The number of benzene rings is 2. The van der Waals surface area contributed by atoms with Crippen LogP contribution in [0.25, 0.3) is 0 Å². The van der Waals surface area contributed by atoms with Crippen LogP contribution in [0.5, 0.6) is 5.75 Å². The van der Waals surface area contributed by atoms with Crippen LogP contribution >= 0.6 is 0 Å². The summed E-state index contributed by atoms with van der Waals surface area (Å²) in [4.78, 5) is 11.9. The number of nitrogens with zero attached hydrogens (tertiary/aromatic N) is 1. The Bertz CT molecular complexity index is 1080. The molecule has 4 unspecified atom stereocenters. The van der Waals surface area contributed by atoms with E-state index in [0.717, 1.165) is 36.9 Å². The number of amides is 1. The normalized spacial score (nSPS) is 25.6. The Kier molecular flexibility index (Phi) is 6.14. The highest BCUT2D eigenvalue weighted by molar-refractivity contribution is 7.85. The zero-order valence-corrected chi connectivity index (χ0v) is 19.8. The van der Waals surface area contributed by atoms with E-state index in [4.69, 9.17) is 4.74 Å². The predicted octanol–water partition coefficient (Wildman–Crippen LogP) is 3.90. The van der Waals surface area contributed by atoms with E-state index in [9.17, 15) is 9.00 Å². The number of rotatable bonds is 8. The Morgan fingerprint density at radius 1 is 1.27 bits per heavy atom. The third-order valence-electron chi connectivity index (χ3n) is 6.95. The summed E-state index contributed by atoms with van der Waals surface area (Å²) in [7, 11) is 0. The van der Waals surface area contributed by atoms with Crippen molar-refractivity contribution in [3.05, 3.63) is 58.9 Å². The second-order valence-electron chi connectivity index (χ2n) is 9.64. The lowest BCUT2D eigenvalue weighted by Crippen LogP contribution is -2.35. The number of anilines is 1. The van der Waals surface area contributed by atoms with Crippen LogP contribution in [0.15, 0.2) is 36.4 Å². The van der Waals surface area contributed by atoms with Crippen molar-refractivity contribution in [2.24, 2.45) is 5.92 Å². The predicted molar refractivity (Wildman–Crippen MR) is 127 cm³/mol. The highest BCUT2D eigenvalue weighted by atomic mass is 32.2. The highest BCUT2D eigenvalue weighted by Crippen LogP contribution is 2.57. The molecule has 1 aliphatic heterocycles. The number of hydrogen-bond donors (Lipinski definition) is 2. The van der Waals surface area contributed by atoms with Gasteiger partial charge in [-0.2, -0.15) is 0 Å². The number of fused-ring (bicyclic) bond motifs is 5. The molecule has 1 saturated carbocycles. The van der Waals surface area contributed by atoms with E-state index in [2.05, 4.69) is 23.9 Å². The smallest absolute Gasteiger partial charge is 0.253 e. The van der Waals surface area contributed by atoms with Crippen molar-refractivity contribution in [2.75, 3.05) is 17.4 Å². The van der Waals surface area contributed by atoms with E-state index in [1.807, 2.05) is 36.4 Å². The van der Waals surface area contributed by atoms with E-state index < -0.39 is 22.9 Å².